The van der Waals surface area contributed by atoms with E-state index in [9.17, 15) is 14.4 Å². The van der Waals surface area contributed by atoms with Crippen LogP contribution in [0.4, 0.5) is 11.4 Å². The Morgan fingerprint density at radius 3 is 2.04 bits per heavy atom. The lowest BCUT2D eigenvalue weighted by atomic mass is 10.1. The highest BCUT2D eigenvalue weighted by atomic mass is 35.5. The van der Waals surface area contributed by atoms with Crippen LogP contribution in [0.1, 0.15) is 24.2 Å². The van der Waals surface area contributed by atoms with Crippen LogP contribution in [0.2, 0.25) is 0 Å². The third-order valence-electron chi connectivity index (χ3n) is 3.91. The molecule has 0 radical (unpaired) electrons. The molecule has 0 unspecified atom stereocenters. The minimum absolute atomic E-state index is 0. The monoisotopic (exact) mass is 404 g/mol. The highest BCUT2D eigenvalue weighted by Crippen LogP contribution is 2.12. The third kappa shape index (κ3) is 7.02. The first-order valence-electron chi connectivity index (χ1n) is 8.66. The molecule has 2 aromatic carbocycles. The van der Waals surface area contributed by atoms with Gasteiger partial charge in [-0.3, -0.25) is 14.4 Å². The van der Waals surface area contributed by atoms with E-state index in [0.717, 1.165) is 0 Å². The summed E-state index contributed by atoms with van der Waals surface area (Å²) >= 11 is 0. The van der Waals surface area contributed by atoms with E-state index in [0.29, 0.717) is 16.9 Å². The maximum Gasteiger partial charge on any atom is 0.255 e. The fourth-order valence-electron chi connectivity index (χ4n) is 2.22. The van der Waals surface area contributed by atoms with E-state index in [-0.39, 0.29) is 42.6 Å². The maximum absolute atomic E-state index is 12.2. The van der Waals surface area contributed by atoms with Crippen molar-refractivity contribution in [3.8, 4) is 0 Å². The number of rotatable bonds is 7. The highest BCUT2D eigenvalue weighted by Gasteiger charge is 2.17. The average molecular weight is 405 g/mol. The van der Waals surface area contributed by atoms with Gasteiger partial charge in [0, 0.05) is 16.9 Å². The summed E-state index contributed by atoms with van der Waals surface area (Å²) in [7, 11) is 0. The van der Waals surface area contributed by atoms with Crippen LogP contribution in [0.25, 0.3) is 0 Å². The predicted molar refractivity (Wildman–Crippen MR) is 113 cm³/mol. The molecule has 0 aliphatic heterocycles. The van der Waals surface area contributed by atoms with Crippen LogP contribution in [0, 0.1) is 5.92 Å². The van der Waals surface area contributed by atoms with Gasteiger partial charge in [-0.05, 0) is 42.3 Å². The lowest BCUT2D eigenvalue weighted by Crippen LogP contribution is -2.46. The molecule has 0 saturated heterocycles. The van der Waals surface area contributed by atoms with Crippen molar-refractivity contribution in [2.45, 2.75) is 19.9 Å². The Labute approximate surface area is 170 Å². The molecular weight excluding hydrogens is 380 g/mol. The van der Waals surface area contributed by atoms with Crippen LogP contribution in [-0.2, 0) is 9.59 Å². The standard InChI is InChI=1S/C20H24N4O3.ClH/c1-13(2)18(21)20(27)22-12-17(25)23-16-10-8-14(9-11-16)19(26)24-15-6-4-3-5-7-15;/h3-11,13,18H,12,21H2,1-2H3,(H,22,27)(H,23,25)(H,24,26);1H/t18-;/m0./s1. The van der Waals surface area contributed by atoms with Gasteiger partial charge in [-0.1, -0.05) is 32.0 Å². The number of anilines is 2. The van der Waals surface area contributed by atoms with Crippen LogP contribution in [0.15, 0.2) is 54.6 Å². The van der Waals surface area contributed by atoms with Crippen molar-refractivity contribution in [3.63, 3.8) is 0 Å². The minimum atomic E-state index is -0.653. The van der Waals surface area contributed by atoms with Crippen molar-refractivity contribution < 1.29 is 14.4 Å². The number of amides is 3. The average Bonchev–Trinajstić information content (AvgIpc) is 2.66. The minimum Gasteiger partial charge on any atom is -0.346 e. The molecule has 0 bridgehead atoms. The van der Waals surface area contributed by atoms with E-state index in [4.69, 9.17) is 5.73 Å². The van der Waals surface area contributed by atoms with Gasteiger partial charge in [0.25, 0.3) is 5.91 Å². The SMILES string of the molecule is CC(C)[C@H](N)C(=O)NCC(=O)Nc1ccc(C(=O)Nc2ccccc2)cc1.Cl. The summed E-state index contributed by atoms with van der Waals surface area (Å²) in [6, 6.07) is 15.0. The van der Waals surface area contributed by atoms with Gasteiger partial charge in [-0.25, -0.2) is 0 Å². The van der Waals surface area contributed by atoms with E-state index in [1.807, 2.05) is 32.0 Å². The molecule has 5 N–H and O–H groups in total. The predicted octanol–water partition coefficient (Wildman–Crippen LogP) is 2.40. The van der Waals surface area contributed by atoms with Gasteiger partial charge in [-0.15, -0.1) is 12.4 Å². The summed E-state index contributed by atoms with van der Waals surface area (Å²) in [4.78, 5) is 35.9. The lowest BCUT2D eigenvalue weighted by Gasteiger charge is -2.15. The zero-order chi connectivity index (χ0) is 19.8. The molecule has 7 nitrogen and oxygen atoms in total. The zero-order valence-electron chi connectivity index (χ0n) is 15.8. The summed E-state index contributed by atoms with van der Waals surface area (Å²) in [6.45, 7) is 3.50. The second-order valence-corrected chi connectivity index (χ2v) is 6.43. The Kier molecular flexibility index (Phi) is 9.14. The van der Waals surface area contributed by atoms with Crippen molar-refractivity contribution in [1.82, 2.24) is 5.32 Å². The summed E-state index contributed by atoms with van der Waals surface area (Å²) in [5.41, 5.74) is 7.41. The molecule has 0 fully saturated rings. The number of carbonyl (C=O) groups excluding carboxylic acids is 3. The molecular formula is C20H25ClN4O3. The number of nitrogens with one attached hydrogen (secondary N) is 3. The first-order chi connectivity index (χ1) is 12.9. The van der Waals surface area contributed by atoms with Crippen LogP contribution >= 0.6 is 12.4 Å². The fraction of sp³-hybridized carbons (Fsp3) is 0.250. The third-order valence-corrected chi connectivity index (χ3v) is 3.91. The molecule has 150 valence electrons. The zero-order valence-corrected chi connectivity index (χ0v) is 16.6. The topological polar surface area (TPSA) is 113 Å². The second kappa shape index (κ2) is 11.1. The van der Waals surface area contributed by atoms with Crippen LogP contribution in [0.5, 0.6) is 0 Å². The Balaban J connectivity index is 0.00000392. The molecule has 0 saturated carbocycles. The van der Waals surface area contributed by atoms with E-state index in [1.165, 1.54) is 0 Å². The van der Waals surface area contributed by atoms with Gasteiger partial charge in [0.05, 0.1) is 12.6 Å². The molecule has 1 atom stereocenters. The smallest absolute Gasteiger partial charge is 0.255 e. The number of carbonyl (C=O) groups is 3. The van der Waals surface area contributed by atoms with E-state index in [1.54, 1.807) is 36.4 Å². The van der Waals surface area contributed by atoms with Gasteiger partial charge in [0.2, 0.25) is 11.8 Å². The number of para-hydroxylation sites is 1. The van der Waals surface area contributed by atoms with Crippen molar-refractivity contribution in [2.75, 3.05) is 17.2 Å². The number of hydrogen-bond donors (Lipinski definition) is 4. The first-order valence-corrected chi connectivity index (χ1v) is 8.66. The van der Waals surface area contributed by atoms with E-state index >= 15 is 0 Å². The fourth-order valence-corrected chi connectivity index (χ4v) is 2.22. The van der Waals surface area contributed by atoms with E-state index < -0.39 is 6.04 Å². The van der Waals surface area contributed by atoms with Crippen molar-refractivity contribution >= 4 is 41.5 Å². The van der Waals surface area contributed by atoms with Crippen molar-refractivity contribution in [2.24, 2.45) is 11.7 Å². The van der Waals surface area contributed by atoms with Crippen LogP contribution < -0.4 is 21.7 Å². The molecule has 2 aromatic rings. The Morgan fingerprint density at radius 1 is 0.893 bits per heavy atom. The molecule has 3 amide bonds. The molecule has 28 heavy (non-hydrogen) atoms. The Morgan fingerprint density at radius 2 is 1.46 bits per heavy atom. The van der Waals surface area contributed by atoms with Crippen LogP contribution in [-0.4, -0.2) is 30.3 Å². The lowest BCUT2D eigenvalue weighted by molar-refractivity contribution is -0.125. The highest BCUT2D eigenvalue weighted by molar-refractivity contribution is 6.04. The second-order valence-electron chi connectivity index (χ2n) is 6.43. The van der Waals surface area contributed by atoms with Gasteiger partial charge >= 0.3 is 0 Å². The normalized spacial score (nSPS) is 11.1. The Bertz CT molecular complexity index is 795. The summed E-state index contributed by atoms with van der Waals surface area (Å²) in [5.74, 6) is -0.995. The van der Waals surface area contributed by atoms with Gasteiger partial charge in [0.15, 0.2) is 0 Å². The number of hydrogen-bond acceptors (Lipinski definition) is 4. The molecule has 0 aliphatic rings. The molecule has 2 rings (SSSR count). The number of nitrogens with two attached hydrogens (primary N) is 1. The van der Waals surface area contributed by atoms with Gasteiger partial charge in [0.1, 0.15) is 0 Å². The maximum atomic E-state index is 12.2. The van der Waals surface area contributed by atoms with Crippen molar-refractivity contribution in [3.05, 3.63) is 60.2 Å². The van der Waals surface area contributed by atoms with Gasteiger partial charge < -0.3 is 21.7 Å². The van der Waals surface area contributed by atoms with Crippen LogP contribution in [0.3, 0.4) is 0 Å². The Hall–Kier alpha value is -2.90. The quantitative estimate of drug-likeness (QED) is 0.567. The largest absolute Gasteiger partial charge is 0.346 e. The molecule has 0 heterocycles. The molecule has 8 heteroatoms. The van der Waals surface area contributed by atoms with E-state index in [2.05, 4.69) is 16.0 Å². The first kappa shape index (κ1) is 23.1. The summed E-state index contributed by atoms with van der Waals surface area (Å²) < 4.78 is 0. The van der Waals surface area contributed by atoms with Gasteiger partial charge in [-0.2, -0.15) is 0 Å². The summed E-state index contributed by atoms with van der Waals surface area (Å²) in [5, 5.41) is 7.94. The molecule has 0 aliphatic carbocycles. The molecule has 0 spiro atoms. The molecule has 0 aromatic heterocycles. The number of halogens is 1. The summed E-state index contributed by atoms with van der Waals surface area (Å²) in [6.07, 6.45) is 0. The van der Waals surface area contributed by atoms with Crippen molar-refractivity contribution in [1.29, 1.82) is 0 Å². The number of benzene rings is 2.